The molecule has 2 nitrogen and oxygen atoms in total. The number of carbonyl (C=O) groups is 1. The topological polar surface area (TPSA) is 26.3 Å². The molecule has 0 heterocycles. The van der Waals surface area contributed by atoms with Crippen molar-refractivity contribution in [2.75, 3.05) is 7.11 Å². The molecule has 1 unspecified atom stereocenters. The molecule has 0 aliphatic heterocycles. The van der Waals surface area contributed by atoms with Crippen molar-refractivity contribution in [3.05, 3.63) is 23.8 Å². The van der Waals surface area contributed by atoms with E-state index in [-0.39, 0.29) is 10.6 Å². The zero-order chi connectivity index (χ0) is 10.7. The summed E-state index contributed by atoms with van der Waals surface area (Å²) < 4.78 is 5.07. The molecule has 0 fully saturated rings. The van der Waals surface area contributed by atoms with Crippen molar-refractivity contribution in [2.45, 2.75) is 16.6 Å². The number of thiol groups is 1. The quantitative estimate of drug-likeness (QED) is 0.678. The lowest BCUT2D eigenvalue weighted by Gasteiger charge is -2.10. The predicted octanol–water partition coefficient (Wildman–Crippen LogP) is 3.01. The second-order valence-corrected chi connectivity index (χ2v) is 4.30. The summed E-state index contributed by atoms with van der Waals surface area (Å²) in [6, 6.07) is 5.43. The van der Waals surface area contributed by atoms with E-state index in [2.05, 4.69) is 28.6 Å². The smallest absolute Gasteiger partial charge is 0.147 e. The van der Waals surface area contributed by atoms with Gasteiger partial charge in [-0.05, 0) is 30.7 Å². The van der Waals surface area contributed by atoms with Crippen molar-refractivity contribution in [2.24, 2.45) is 0 Å². The van der Waals surface area contributed by atoms with E-state index in [1.165, 1.54) is 6.92 Å². The molecule has 0 aromatic heterocycles. The molecule has 0 saturated heterocycles. The molecule has 0 aliphatic carbocycles. The lowest BCUT2D eigenvalue weighted by Crippen LogP contribution is -2.02. The number of benzene rings is 1. The van der Waals surface area contributed by atoms with Gasteiger partial charge in [-0.2, -0.15) is 0 Å². The minimum Gasteiger partial charge on any atom is -0.497 e. The van der Waals surface area contributed by atoms with Gasteiger partial charge in [0, 0.05) is 4.90 Å². The van der Waals surface area contributed by atoms with Crippen LogP contribution in [0.25, 0.3) is 0 Å². The fraction of sp³-hybridized carbons (Fsp3) is 0.300. The average molecular weight is 275 g/mol. The van der Waals surface area contributed by atoms with Gasteiger partial charge in [0.15, 0.2) is 0 Å². The number of rotatable bonds is 3. The van der Waals surface area contributed by atoms with Crippen LogP contribution in [0.3, 0.4) is 0 Å². The summed E-state index contributed by atoms with van der Waals surface area (Å²) in [5.74, 6) is 0.775. The first-order valence-corrected chi connectivity index (χ1v) is 5.44. The summed E-state index contributed by atoms with van der Waals surface area (Å²) in [7, 11) is 1.59. The van der Waals surface area contributed by atoms with Gasteiger partial charge in [0.05, 0.1) is 11.9 Å². The van der Waals surface area contributed by atoms with Crippen LogP contribution in [0.4, 0.5) is 0 Å². The molecule has 1 aromatic carbocycles. The van der Waals surface area contributed by atoms with Gasteiger partial charge in [-0.3, -0.25) is 4.79 Å². The molecule has 1 atom stereocenters. The molecular weight excluding hydrogens is 264 g/mol. The highest BCUT2D eigenvalue weighted by atomic mass is 79.9. The number of alkyl halides is 1. The minimum atomic E-state index is -0.315. The number of ether oxygens (including phenoxy) is 1. The van der Waals surface area contributed by atoms with Crippen molar-refractivity contribution in [3.8, 4) is 5.75 Å². The van der Waals surface area contributed by atoms with Crippen LogP contribution < -0.4 is 4.74 Å². The molecule has 4 heteroatoms. The predicted molar refractivity (Wildman–Crippen MR) is 62.6 cm³/mol. The number of hydrogen-bond acceptors (Lipinski definition) is 3. The van der Waals surface area contributed by atoms with Gasteiger partial charge in [-0.25, -0.2) is 0 Å². The van der Waals surface area contributed by atoms with E-state index in [1.807, 2.05) is 18.2 Å². The Morgan fingerprint density at radius 2 is 2.21 bits per heavy atom. The monoisotopic (exact) mass is 274 g/mol. The van der Waals surface area contributed by atoms with Gasteiger partial charge in [-0.15, -0.1) is 12.6 Å². The fourth-order valence-electron chi connectivity index (χ4n) is 1.08. The van der Waals surface area contributed by atoms with Crippen LogP contribution in [0.1, 0.15) is 17.3 Å². The van der Waals surface area contributed by atoms with Crippen molar-refractivity contribution in [3.63, 3.8) is 0 Å². The van der Waals surface area contributed by atoms with E-state index in [0.717, 1.165) is 16.2 Å². The Morgan fingerprint density at radius 3 is 2.71 bits per heavy atom. The van der Waals surface area contributed by atoms with E-state index in [4.69, 9.17) is 4.74 Å². The zero-order valence-electron chi connectivity index (χ0n) is 7.95. The van der Waals surface area contributed by atoms with E-state index in [1.54, 1.807) is 7.11 Å². The van der Waals surface area contributed by atoms with Crippen molar-refractivity contribution < 1.29 is 9.53 Å². The lowest BCUT2D eigenvalue weighted by molar-refractivity contribution is -0.116. The summed E-state index contributed by atoms with van der Waals surface area (Å²) in [6.07, 6.45) is 0. The van der Waals surface area contributed by atoms with E-state index < -0.39 is 0 Å². The second-order valence-electron chi connectivity index (χ2n) is 2.90. The maximum absolute atomic E-state index is 11.2. The summed E-state index contributed by atoms with van der Waals surface area (Å²) in [4.78, 5) is 11.6. The Hall–Kier alpha value is -0.480. The Bertz CT molecular complexity index is 352. The molecule has 14 heavy (non-hydrogen) atoms. The van der Waals surface area contributed by atoms with Crippen molar-refractivity contribution in [1.82, 2.24) is 0 Å². The molecule has 0 radical (unpaired) electrons. The Morgan fingerprint density at radius 1 is 1.57 bits per heavy atom. The highest BCUT2D eigenvalue weighted by Gasteiger charge is 2.15. The number of Topliss-reactive ketones (excluding diaryl/α,β-unsaturated/α-hetero) is 1. The van der Waals surface area contributed by atoms with Crippen LogP contribution >= 0.6 is 28.6 Å². The van der Waals surface area contributed by atoms with Crippen LogP contribution in [-0.2, 0) is 4.79 Å². The van der Waals surface area contributed by atoms with Crippen LogP contribution in [-0.4, -0.2) is 12.9 Å². The van der Waals surface area contributed by atoms with E-state index in [9.17, 15) is 4.79 Å². The third-order valence-corrected chi connectivity index (χ3v) is 3.41. The number of hydrogen-bond donors (Lipinski definition) is 1. The van der Waals surface area contributed by atoms with Gasteiger partial charge < -0.3 is 4.74 Å². The Kier molecular flexibility index (Phi) is 4.01. The van der Waals surface area contributed by atoms with Crippen molar-refractivity contribution >= 4 is 34.3 Å². The maximum Gasteiger partial charge on any atom is 0.147 e. The first-order chi connectivity index (χ1) is 6.56. The fourth-order valence-corrected chi connectivity index (χ4v) is 1.91. The zero-order valence-corrected chi connectivity index (χ0v) is 10.4. The largest absolute Gasteiger partial charge is 0.497 e. The van der Waals surface area contributed by atoms with Gasteiger partial charge in [0.1, 0.15) is 11.5 Å². The van der Waals surface area contributed by atoms with Crippen LogP contribution in [0.2, 0.25) is 0 Å². The van der Waals surface area contributed by atoms with Crippen LogP contribution in [0.15, 0.2) is 23.1 Å². The second kappa shape index (κ2) is 4.84. The van der Waals surface area contributed by atoms with E-state index >= 15 is 0 Å². The first-order valence-electron chi connectivity index (χ1n) is 4.07. The van der Waals surface area contributed by atoms with Gasteiger partial charge >= 0.3 is 0 Å². The Balaban J connectivity index is 3.11. The Labute approximate surface area is 97.2 Å². The normalized spacial score (nSPS) is 12.3. The third kappa shape index (κ3) is 2.51. The molecule has 0 spiro atoms. The molecule has 1 aromatic rings. The third-order valence-electron chi connectivity index (χ3n) is 1.86. The molecule has 0 N–H and O–H groups in total. The number of ketones is 1. The molecule has 0 saturated carbocycles. The molecule has 0 bridgehead atoms. The standard InChI is InChI=1S/C10H11BrO2S/c1-6(12)10(11)8-5-7(13-2)3-4-9(8)14/h3-5,10,14H,1-2H3. The summed E-state index contributed by atoms with van der Waals surface area (Å²) in [6.45, 7) is 1.53. The average Bonchev–Trinajstić information content (AvgIpc) is 2.17. The van der Waals surface area contributed by atoms with Gasteiger partial charge in [0.25, 0.3) is 0 Å². The summed E-state index contributed by atoms with van der Waals surface area (Å²) >= 11 is 7.59. The number of carbonyl (C=O) groups excluding carboxylic acids is 1. The van der Waals surface area contributed by atoms with Crippen molar-refractivity contribution in [1.29, 1.82) is 0 Å². The summed E-state index contributed by atoms with van der Waals surface area (Å²) in [5, 5.41) is 0. The first kappa shape index (κ1) is 11.6. The lowest BCUT2D eigenvalue weighted by atomic mass is 10.1. The summed E-state index contributed by atoms with van der Waals surface area (Å²) in [5.41, 5.74) is 0.834. The maximum atomic E-state index is 11.2. The highest BCUT2D eigenvalue weighted by molar-refractivity contribution is 9.09. The molecule has 76 valence electrons. The SMILES string of the molecule is COc1ccc(S)c(C(Br)C(C)=O)c1. The van der Waals surface area contributed by atoms with Gasteiger partial charge in [0.2, 0.25) is 0 Å². The highest BCUT2D eigenvalue weighted by Crippen LogP contribution is 2.31. The molecule has 0 aliphatic rings. The molecular formula is C10H11BrO2S. The van der Waals surface area contributed by atoms with E-state index in [0.29, 0.717) is 0 Å². The van der Waals surface area contributed by atoms with Gasteiger partial charge in [-0.1, -0.05) is 15.9 Å². The van der Waals surface area contributed by atoms with Crippen LogP contribution in [0, 0.1) is 0 Å². The molecule has 0 amide bonds. The van der Waals surface area contributed by atoms with Crippen LogP contribution in [0.5, 0.6) is 5.75 Å². The number of halogens is 1. The number of methoxy groups -OCH3 is 1. The molecule has 1 rings (SSSR count). The minimum absolute atomic E-state index is 0.0496.